The van der Waals surface area contributed by atoms with Crippen LogP contribution in [0, 0.1) is 5.41 Å². The summed E-state index contributed by atoms with van der Waals surface area (Å²) in [6.45, 7) is 4.27. The average Bonchev–Trinajstić information content (AvgIpc) is 2.51. The molecule has 0 rings (SSSR count). The van der Waals surface area contributed by atoms with E-state index in [0.29, 0.717) is 12.8 Å². The van der Waals surface area contributed by atoms with Crippen LogP contribution in [-0.2, 0) is 9.59 Å². The normalized spacial score (nSPS) is 10.6. The van der Waals surface area contributed by atoms with Crippen molar-refractivity contribution >= 4 is 11.9 Å². The van der Waals surface area contributed by atoms with Gasteiger partial charge in [0.25, 0.3) is 0 Å². The van der Waals surface area contributed by atoms with Crippen LogP contribution < -0.4 is 47.9 Å². The van der Waals surface area contributed by atoms with Crippen LogP contribution in [0.15, 0.2) is 0 Å². The topological polar surface area (TPSA) is 80.3 Å². The predicted molar refractivity (Wildman–Crippen MR) is 88.4 cm³/mol. The average molecular weight is 340 g/mol. The maximum atomic E-state index is 11.5. The first-order chi connectivity index (χ1) is 11.0. The number of carboxylic acids is 2. The molecule has 0 saturated carbocycles. The monoisotopic (exact) mass is 340 g/mol. The molecule has 25 heavy (non-hydrogen) atoms. The van der Waals surface area contributed by atoms with Crippen molar-refractivity contribution in [3.05, 3.63) is 0 Å². The first-order valence-corrected chi connectivity index (χ1v) is 9.44. The Kier molecular flexibility index (Phi) is 22.6. The summed E-state index contributed by atoms with van der Waals surface area (Å²) in [6.07, 6.45) is 12.2. The summed E-state index contributed by atoms with van der Waals surface area (Å²) >= 11 is 0. The number of carboxylic acid groups (broad SMARTS) is 2. The van der Waals surface area contributed by atoms with E-state index in [-0.39, 0.29) is 50.6 Å². The molecule has 0 aromatic carbocycles. The van der Waals surface area contributed by atoms with Crippen molar-refractivity contribution in [2.75, 3.05) is 0 Å². The molecule has 0 aliphatic rings. The molecule has 0 bridgehead atoms. The van der Waals surface area contributed by atoms with Crippen LogP contribution in [0.1, 0.15) is 104 Å². The van der Waals surface area contributed by atoms with Crippen molar-refractivity contribution in [3.63, 3.8) is 0 Å². The van der Waals surface area contributed by atoms with E-state index < -0.39 is 17.4 Å². The standard InChI is InChI=1S/C19H36O4.2Li/c1-3-5-7-9-11-13-15-19(17(20)21,18(22)23)16-14-12-10-8-6-4-2;;/h3-16H2,1-2H3,(H,20,21)(H,22,23);;/q;2*+1/p-2. The Hall–Kier alpha value is 0.135. The van der Waals surface area contributed by atoms with Gasteiger partial charge in [-0.15, -0.1) is 0 Å². The first kappa shape index (κ1) is 29.9. The SMILES string of the molecule is CCCCCCCCC(CCCCCCCC)(C(=O)[O-])C(=O)[O-].[Li+].[Li+]. The molecular weight excluding hydrogens is 306 g/mol. The van der Waals surface area contributed by atoms with E-state index in [1.54, 1.807) is 0 Å². The molecule has 0 radical (unpaired) electrons. The van der Waals surface area contributed by atoms with Gasteiger partial charge in [0.1, 0.15) is 0 Å². The van der Waals surface area contributed by atoms with Gasteiger partial charge in [-0.2, -0.15) is 0 Å². The minimum atomic E-state index is -1.80. The largest absolute Gasteiger partial charge is 1.00 e. The Labute approximate surface area is 178 Å². The Bertz CT molecular complexity index is 303. The number of hydrogen-bond donors (Lipinski definition) is 0. The fourth-order valence-corrected chi connectivity index (χ4v) is 3.03. The summed E-state index contributed by atoms with van der Waals surface area (Å²) in [5.41, 5.74) is -1.80. The number of carbonyl (C=O) groups is 2. The van der Waals surface area contributed by atoms with Crippen molar-refractivity contribution < 1.29 is 57.5 Å². The van der Waals surface area contributed by atoms with Crippen molar-refractivity contribution in [1.82, 2.24) is 0 Å². The second-order valence-corrected chi connectivity index (χ2v) is 6.69. The number of hydrogen-bond acceptors (Lipinski definition) is 4. The van der Waals surface area contributed by atoms with Gasteiger partial charge in [0.15, 0.2) is 0 Å². The molecule has 0 unspecified atom stereocenters. The van der Waals surface area contributed by atoms with Crippen LogP contribution in [-0.4, -0.2) is 11.9 Å². The van der Waals surface area contributed by atoms with E-state index in [1.807, 2.05) is 0 Å². The molecule has 0 aliphatic carbocycles. The van der Waals surface area contributed by atoms with E-state index in [1.165, 1.54) is 12.8 Å². The zero-order chi connectivity index (χ0) is 17.6. The molecule has 0 spiro atoms. The fraction of sp³-hybridized carbons (Fsp3) is 0.895. The van der Waals surface area contributed by atoms with Gasteiger partial charge in [0.05, 0.1) is 11.9 Å². The number of unbranched alkanes of at least 4 members (excludes halogenated alkanes) is 10. The van der Waals surface area contributed by atoms with Crippen molar-refractivity contribution in [2.45, 2.75) is 104 Å². The number of carbonyl (C=O) groups excluding carboxylic acids is 2. The molecule has 0 aliphatic heterocycles. The van der Waals surface area contributed by atoms with Crippen LogP contribution in [0.2, 0.25) is 0 Å². The molecule has 6 heteroatoms. The molecule has 0 heterocycles. The minimum Gasteiger partial charge on any atom is -0.549 e. The quantitative estimate of drug-likeness (QED) is 0.170. The Morgan fingerprint density at radius 3 is 1.16 bits per heavy atom. The van der Waals surface area contributed by atoms with Gasteiger partial charge in [-0.05, 0) is 12.8 Å². The van der Waals surface area contributed by atoms with Crippen molar-refractivity contribution in [2.24, 2.45) is 5.41 Å². The maximum Gasteiger partial charge on any atom is 1.00 e. The van der Waals surface area contributed by atoms with Gasteiger partial charge < -0.3 is 19.8 Å². The summed E-state index contributed by atoms with van der Waals surface area (Å²) in [5, 5.41) is 22.9. The van der Waals surface area contributed by atoms with Crippen LogP contribution in [0.25, 0.3) is 0 Å². The zero-order valence-electron chi connectivity index (χ0n) is 17.0. The van der Waals surface area contributed by atoms with Crippen LogP contribution in [0.5, 0.6) is 0 Å². The van der Waals surface area contributed by atoms with Gasteiger partial charge in [-0.25, -0.2) is 0 Å². The van der Waals surface area contributed by atoms with E-state index >= 15 is 0 Å². The molecule has 4 nitrogen and oxygen atoms in total. The second-order valence-electron chi connectivity index (χ2n) is 6.69. The minimum absolute atomic E-state index is 0. The zero-order valence-corrected chi connectivity index (χ0v) is 17.0. The Balaban J connectivity index is -0.00000242. The van der Waals surface area contributed by atoms with Crippen LogP contribution >= 0.6 is 0 Å². The molecule has 0 fully saturated rings. The van der Waals surface area contributed by atoms with Crippen molar-refractivity contribution in [3.8, 4) is 0 Å². The summed E-state index contributed by atoms with van der Waals surface area (Å²) in [6, 6.07) is 0. The first-order valence-electron chi connectivity index (χ1n) is 9.44. The van der Waals surface area contributed by atoms with Gasteiger partial charge in [-0.3, -0.25) is 0 Å². The molecule has 0 aromatic heterocycles. The van der Waals surface area contributed by atoms with E-state index in [9.17, 15) is 19.8 Å². The molecule has 0 amide bonds. The Morgan fingerprint density at radius 1 is 0.600 bits per heavy atom. The summed E-state index contributed by atoms with van der Waals surface area (Å²) in [7, 11) is 0. The third kappa shape index (κ3) is 13.0. The summed E-state index contributed by atoms with van der Waals surface area (Å²) in [5.74, 6) is -2.95. The van der Waals surface area contributed by atoms with E-state index in [4.69, 9.17) is 0 Å². The van der Waals surface area contributed by atoms with E-state index in [0.717, 1.165) is 51.4 Å². The van der Waals surface area contributed by atoms with Gasteiger partial charge in [0.2, 0.25) is 0 Å². The van der Waals surface area contributed by atoms with Gasteiger partial charge in [0, 0.05) is 5.41 Å². The van der Waals surface area contributed by atoms with Crippen molar-refractivity contribution in [1.29, 1.82) is 0 Å². The van der Waals surface area contributed by atoms with Crippen LogP contribution in [0.4, 0.5) is 0 Å². The molecule has 0 saturated heterocycles. The number of aliphatic carboxylic acids is 2. The molecular formula is C19H34Li2O4. The predicted octanol–water partition coefficient (Wildman–Crippen LogP) is -3.02. The summed E-state index contributed by atoms with van der Waals surface area (Å²) in [4.78, 5) is 22.9. The van der Waals surface area contributed by atoms with Crippen LogP contribution in [0.3, 0.4) is 0 Å². The third-order valence-electron chi connectivity index (χ3n) is 4.70. The van der Waals surface area contributed by atoms with Gasteiger partial charge >= 0.3 is 37.7 Å². The van der Waals surface area contributed by atoms with Gasteiger partial charge in [-0.1, -0.05) is 90.9 Å². The Morgan fingerprint density at radius 2 is 0.880 bits per heavy atom. The van der Waals surface area contributed by atoms with E-state index in [2.05, 4.69) is 13.8 Å². The second kappa shape index (κ2) is 18.9. The fourth-order valence-electron chi connectivity index (χ4n) is 3.03. The third-order valence-corrected chi connectivity index (χ3v) is 4.70. The molecule has 0 N–H and O–H groups in total. The molecule has 0 atom stereocenters. The smallest absolute Gasteiger partial charge is 0.549 e. The summed E-state index contributed by atoms with van der Waals surface area (Å²) < 4.78 is 0. The number of rotatable bonds is 16. The maximum absolute atomic E-state index is 11.5. The molecule has 136 valence electrons. The molecule has 0 aromatic rings.